The third-order valence-corrected chi connectivity index (χ3v) is 4.60. The molecule has 0 spiro atoms. The van der Waals surface area contributed by atoms with Crippen molar-refractivity contribution in [3.05, 3.63) is 60.7 Å². The van der Waals surface area contributed by atoms with Crippen LogP contribution in [0.2, 0.25) is 0 Å². The van der Waals surface area contributed by atoms with Gasteiger partial charge < -0.3 is 19.9 Å². The van der Waals surface area contributed by atoms with E-state index in [1.807, 2.05) is 0 Å². The first-order valence-corrected chi connectivity index (χ1v) is 9.56. The molecule has 0 aliphatic carbocycles. The first kappa shape index (κ1) is 20.3. The van der Waals surface area contributed by atoms with Crippen LogP contribution in [0.4, 0.5) is 20.8 Å². The van der Waals surface area contributed by atoms with Gasteiger partial charge in [0, 0.05) is 25.5 Å². The molecule has 0 radical (unpaired) electrons. The Hall–Kier alpha value is -4.02. The summed E-state index contributed by atoms with van der Waals surface area (Å²) in [5.74, 6) is -0.253. The highest BCUT2D eigenvalue weighted by Gasteiger charge is 2.32. The molecule has 4 rings (SSSR count). The maximum Gasteiger partial charge on any atom is 0.414 e. The molecule has 1 aromatic carbocycles. The van der Waals surface area contributed by atoms with Crippen LogP contribution in [0, 0.1) is 5.82 Å². The summed E-state index contributed by atoms with van der Waals surface area (Å²) in [6, 6.07) is 6.19. The number of benzene rings is 1. The van der Waals surface area contributed by atoms with E-state index in [9.17, 15) is 14.0 Å². The van der Waals surface area contributed by atoms with Crippen LogP contribution in [0.3, 0.4) is 0 Å². The molecule has 1 fully saturated rings. The normalized spacial score (nSPS) is 15.6. The molecule has 2 aromatic heterocycles. The highest BCUT2D eigenvalue weighted by Crippen LogP contribution is 2.25. The van der Waals surface area contributed by atoms with E-state index >= 15 is 0 Å². The van der Waals surface area contributed by atoms with Crippen molar-refractivity contribution in [2.45, 2.75) is 19.6 Å². The number of nitrogens with zero attached hydrogens (tertiary/aromatic N) is 5. The Labute approximate surface area is 177 Å². The number of anilines is 2. The maximum absolute atomic E-state index is 14.8. The lowest BCUT2D eigenvalue weighted by Crippen LogP contribution is -2.33. The molecule has 1 aliphatic heterocycles. The smallest absolute Gasteiger partial charge is 0.414 e. The zero-order valence-electron chi connectivity index (χ0n) is 16.7. The summed E-state index contributed by atoms with van der Waals surface area (Å²) in [5.41, 5.74) is 1.35. The predicted molar refractivity (Wildman–Crippen MR) is 109 cm³/mol. The molecule has 3 aromatic rings. The Morgan fingerprint density at radius 2 is 2.10 bits per heavy atom. The number of ether oxygens (including phenoxy) is 1. The van der Waals surface area contributed by atoms with Crippen LogP contribution in [0.25, 0.3) is 5.69 Å². The van der Waals surface area contributed by atoms with Crippen LogP contribution < -0.4 is 15.5 Å². The van der Waals surface area contributed by atoms with Gasteiger partial charge in [0.2, 0.25) is 11.9 Å². The van der Waals surface area contributed by atoms with Gasteiger partial charge in [-0.15, -0.1) is 0 Å². The fraction of sp³-hybridized carbons (Fsp3) is 0.250. The molecule has 0 unspecified atom stereocenters. The zero-order chi connectivity index (χ0) is 21.8. The standard InChI is InChI=1S/C20H20FN7O3/c1-13(29)24-9-16-11-28(20(30)31-16)15-3-4-18(17(21)7-15)27-10-14(26-12-27)8-25-19-22-5-2-6-23-19/h2-7,10,12,16H,8-9,11H2,1H3,(H,24,29)(H,22,23,25)/t16-/m0/s1. The monoisotopic (exact) mass is 425 g/mol. The summed E-state index contributed by atoms with van der Waals surface area (Å²) in [6.07, 6.45) is 5.39. The molecule has 0 saturated carbocycles. The van der Waals surface area contributed by atoms with Crippen LogP contribution in [0.15, 0.2) is 49.2 Å². The largest absolute Gasteiger partial charge is 0.442 e. The first-order chi connectivity index (χ1) is 15.0. The van der Waals surface area contributed by atoms with Crippen molar-refractivity contribution in [1.82, 2.24) is 24.8 Å². The molecular weight excluding hydrogens is 405 g/mol. The first-order valence-electron chi connectivity index (χ1n) is 9.56. The molecule has 0 bridgehead atoms. The summed E-state index contributed by atoms with van der Waals surface area (Å²) in [5, 5.41) is 5.64. The molecule has 160 valence electrons. The highest BCUT2D eigenvalue weighted by atomic mass is 19.1. The number of rotatable bonds is 7. The minimum absolute atomic E-state index is 0.206. The van der Waals surface area contributed by atoms with Crippen LogP contribution in [0.5, 0.6) is 0 Å². The maximum atomic E-state index is 14.8. The molecule has 2 N–H and O–H groups in total. The van der Waals surface area contributed by atoms with Gasteiger partial charge in [-0.1, -0.05) is 0 Å². The van der Waals surface area contributed by atoms with E-state index in [0.29, 0.717) is 29.6 Å². The van der Waals surface area contributed by atoms with Gasteiger partial charge in [0.1, 0.15) is 11.9 Å². The van der Waals surface area contributed by atoms with Crippen molar-refractivity contribution in [1.29, 1.82) is 0 Å². The minimum Gasteiger partial charge on any atom is -0.442 e. The Morgan fingerprint density at radius 1 is 1.29 bits per heavy atom. The van der Waals surface area contributed by atoms with E-state index in [1.165, 1.54) is 24.2 Å². The predicted octanol–water partition coefficient (Wildman–Crippen LogP) is 1.87. The Kier molecular flexibility index (Phi) is 5.74. The molecule has 2 amide bonds. The minimum atomic E-state index is -0.582. The lowest BCUT2D eigenvalue weighted by atomic mass is 10.2. The number of amides is 2. The fourth-order valence-corrected chi connectivity index (χ4v) is 3.12. The number of cyclic esters (lactones) is 1. The van der Waals surface area contributed by atoms with E-state index in [-0.39, 0.29) is 19.0 Å². The number of aromatic nitrogens is 4. The third kappa shape index (κ3) is 4.77. The van der Waals surface area contributed by atoms with E-state index in [1.54, 1.807) is 41.4 Å². The number of hydrogen-bond acceptors (Lipinski definition) is 7. The summed E-state index contributed by atoms with van der Waals surface area (Å²) in [6.45, 7) is 2.19. The molecule has 1 saturated heterocycles. The highest BCUT2D eigenvalue weighted by molar-refractivity contribution is 5.90. The number of hydrogen-bond donors (Lipinski definition) is 2. The third-order valence-electron chi connectivity index (χ3n) is 4.60. The SMILES string of the molecule is CC(=O)NC[C@H]1CN(c2ccc(-n3cnc(CNc4ncccn4)c3)c(F)c2)C(=O)O1. The Balaban J connectivity index is 1.43. The van der Waals surface area contributed by atoms with Gasteiger partial charge in [-0.2, -0.15) is 0 Å². The molecule has 1 atom stereocenters. The number of nitrogens with one attached hydrogen (secondary N) is 2. The fourth-order valence-electron chi connectivity index (χ4n) is 3.12. The molecule has 10 nitrogen and oxygen atoms in total. The van der Waals surface area contributed by atoms with Crippen molar-refractivity contribution < 1.29 is 18.7 Å². The van der Waals surface area contributed by atoms with Crippen molar-refractivity contribution in [2.24, 2.45) is 0 Å². The second kappa shape index (κ2) is 8.78. The number of carbonyl (C=O) groups excluding carboxylic acids is 2. The van der Waals surface area contributed by atoms with E-state index in [0.717, 1.165) is 0 Å². The van der Waals surface area contributed by atoms with Gasteiger partial charge >= 0.3 is 6.09 Å². The lowest BCUT2D eigenvalue weighted by Gasteiger charge is -2.14. The number of carbonyl (C=O) groups is 2. The van der Waals surface area contributed by atoms with Gasteiger partial charge in [-0.05, 0) is 24.3 Å². The summed E-state index contributed by atoms with van der Waals surface area (Å²) in [4.78, 5) is 36.9. The Morgan fingerprint density at radius 3 is 2.84 bits per heavy atom. The van der Waals surface area contributed by atoms with Crippen LogP contribution in [-0.2, 0) is 16.1 Å². The average molecular weight is 425 g/mol. The van der Waals surface area contributed by atoms with Gasteiger partial charge in [-0.25, -0.2) is 24.1 Å². The van der Waals surface area contributed by atoms with E-state index < -0.39 is 18.0 Å². The molecule has 31 heavy (non-hydrogen) atoms. The Bertz CT molecular complexity index is 1090. The quantitative estimate of drug-likeness (QED) is 0.594. The second-order valence-corrected chi connectivity index (χ2v) is 6.89. The summed E-state index contributed by atoms with van der Waals surface area (Å²) < 4.78 is 21.6. The molecule has 11 heteroatoms. The summed E-state index contributed by atoms with van der Waals surface area (Å²) in [7, 11) is 0. The lowest BCUT2D eigenvalue weighted by molar-refractivity contribution is -0.119. The topological polar surface area (TPSA) is 114 Å². The molecule has 3 heterocycles. The zero-order valence-corrected chi connectivity index (χ0v) is 16.7. The van der Waals surface area contributed by atoms with Gasteiger partial charge in [0.25, 0.3) is 0 Å². The number of imidazole rings is 1. The van der Waals surface area contributed by atoms with Gasteiger partial charge in [-0.3, -0.25) is 9.69 Å². The molecular formula is C20H20FN7O3. The van der Waals surface area contributed by atoms with Crippen molar-refractivity contribution in [3.63, 3.8) is 0 Å². The van der Waals surface area contributed by atoms with Crippen molar-refractivity contribution >= 4 is 23.6 Å². The molecule has 1 aliphatic rings. The number of halogens is 1. The van der Waals surface area contributed by atoms with Gasteiger partial charge in [0.05, 0.1) is 43.0 Å². The van der Waals surface area contributed by atoms with Crippen LogP contribution in [0.1, 0.15) is 12.6 Å². The van der Waals surface area contributed by atoms with Gasteiger partial charge in [0.15, 0.2) is 0 Å². The van der Waals surface area contributed by atoms with Crippen LogP contribution >= 0.6 is 0 Å². The van der Waals surface area contributed by atoms with Crippen molar-refractivity contribution in [2.75, 3.05) is 23.3 Å². The van der Waals surface area contributed by atoms with E-state index in [2.05, 4.69) is 25.6 Å². The summed E-state index contributed by atoms with van der Waals surface area (Å²) >= 11 is 0. The average Bonchev–Trinajstić information content (AvgIpc) is 3.38. The van der Waals surface area contributed by atoms with Crippen molar-refractivity contribution in [3.8, 4) is 5.69 Å². The second-order valence-electron chi connectivity index (χ2n) is 6.89. The van der Waals surface area contributed by atoms with E-state index in [4.69, 9.17) is 4.74 Å². The van der Waals surface area contributed by atoms with Crippen LogP contribution in [-0.4, -0.2) is 50.7 Å².